The van der Waals surface area contributed by atoms with Crippen molar-refractivity contribution in [2.75, 3.05) is 39.5 Å². The molecule has 0 saturated carbocycles. The van der Waals surface area contributed by atoms with Crippen LogP contribution in [0.5, 0.6) is 0 Å². The van der Waals surface area contributed by atoms with E-state index in [0.717, 1.165) is 32.7 Å². The Bertz CT molecular complexity index is 631. The summed E-state index contributed by atoms with van der Waals surface area (Å²) in [5, 5.41) is 7.12. The van der Waals surface area contributed by atoms with Gasteiger partial charge in [0.25, 0.3) is 0 Å². The second-order valence-corrected chi connectivity index (χ2v) is 7.76. The van der Waals surface area contributed by atoms with Crippen LogP contribution in [0.4, 0.5) is 13.2 Å². The van der Waals surface area contributed by atoms with E-state index in [9.17, 15) is 13.2 Å². The topological polar surface area (TPSA) is 59.0 Å². The molecule has 0 aromatic heterocycles. The summed E-state index contributed by atoms with van der Waals surface area (Å²) in [7, 11) is 0. The van der Waals surface area contributed by atoms with Crippen LogP contribution >= 0.6 is 0 Å². The highest BCUT2D eigenvalue weighted by Crippen LogP contribution is 2.42. The molecule has 2 aliphatic rings. The molecule has 0 radical (unpaired) electrons. The quantitative estimate of drug-likeness (QED) is 0.657. The third kappa shape index (κ3) is 7.56. The van der Waals surface area contributed by atoms with Gasteiger partial charge in [0.1, 0.15) is 0 Å². The Hall–Kier alpha value is -1.64. The molecule has 0 aliphatic carbocycles. The molecule has 1 spiro atoms. The molecule has 30 heavy (non-hydrogen) atoms. The van der Waals surface area contributed by atoms with E-state index < -0.39 is 12.1 Å². The fourth-order valence-corrected chi connectivity index (χ4v) is 4.20. The van der Waals surface area contributed by atoms with E-state index >= 15 is 0 Å². The zero-order valence-corrected chi connectivity index (χ0v) is 17.5. The van der Waals surface area contributed by atoms with Crippen molar-refractivity contribution in [2.45, 2.75) is 50.8 Å². The molecule has 3 rings (SSSR count). The Balaban J connectivity index is 0.000000396. The van der Waals surface area contributed by atoms with Gasteiger partial charge in [-0.2, -0.15) is 13.2 Å². The third-order valence-corrected chi connectivity index (χ3v) is 5.92. The summed E-state index contributed by atoms with van der Waals surface area (Å²) in [4.78, 5) is 11.5. The van der Waals surface area contributed by atoms with Crippen molar-refractivity contribution in [1.82, 2.24) is 4.90 Å². The molecule has 170 valence electrons. The number of carboxylic acids is 1. The molecule has 2 fully saturated rings. The first kappa shape index (κ1) is 24.6. The Morgan fingerprint density at radius 3 is 2.47 bits per heavy atom. The number of piperidine rings is 1. The molecule has 1 unspecified atom stereocenters. The largest absolute Gasteiger partial charge is 0.490 e. The van der Waals surface area contributed by atoms with Crippen LogP contribution in [0.15, 0.2) is 30.3 Å². The number of alkyl halides is 3. The van der Waals surface area contributed by atoms with Gasteiger partial charge in [0, 0.05) is 39.5 Å². The Morgan fingerprint density at radius 2 is 1.90 bits per heavy atom. The maximum atomic E-state index is 10.6. The lowest BCUT2D eigenvalue weighted by atomic mass is 9.78. The maximum Gasteiger partial charge on any atom is 0.490 e. The van der Waals surface area contributed by atoms with E-state index in [4.69, 9.17) is 19.4 Å². The van der Waals surface area contributed by atoms with Crippen molar-refractivity contribution in [2.24, 2.45) is 5.92 Å². The van der Waals surface area contributed by atoms with E-state index in [0.29, 0.717) is 5.92 Å². The second-order valence-electron chi connectivity index (χ2n) is 7.76. The van der Waals surface area contributed by atoms with Crippen LogP contribution in [-0.2, 0) is 20.7 Å². The van der Waals surface area contributed by atoms with Crippen LogP contribution in [0.3, 0.4) is 0 Å². The number of halogens is 3. The molecule has 8 heteroatoms. The smallest absolute Gasteiger partial charge is 0.475 e. The van der Waals surface area contributed by atoms with E-state index in [2.05, 4.69) is 42.2 Å². The zero-order chi connectivity index (χ0) is 22.0. The average molecular weight is 431 g/mol. The van der Waals surface area contributed by atoms with Crippen LogP contribution < -0.4 is 0 Å². The van der Waals surface area contributed by atoms with Gasteiger partial charge >= 0.3 is 12.1 Å². The summed E-state index contributed by atoms with van der Waals surface area (Å²) in [6, 6.07) is 10.8. The molecule has 1 N–H and O–H groups in total. The summed E-state index contributed by atoms with van der Waals surface area (Å²) in [6.07, 6.45) is 0.842. The first-order chi connectivity index (χ1) is 14.3. The van der Waals surface area contributed by atoms with Gasteiger partial charge in [-0.05, 0) is 50.5 Å². The molecule has 2 heterocycles. The lowest BCUT2D eigenvalue weighted by molar-refractivity contribution is -0.192. The van der Waals surface area contributed by atoms with Crippen LogP contribution in [0, 0.1) is 5.92 Å². The minimum atomic E-state index is -5.08. The Kier molecular flexibility index (Phi) is 9.58. The van der Waals surface area contributed by atoms with Gasteiger partial charge in [-0.1, -0.05) is 30.3 Å². The number of nitrogens with zero attached hydrogens (tertiary/aromatic N) is 1. The van der Waals surface area contributed by atoms with Crippen molar-refractivity contribution in [3.8, 4) is 0 Å². The fourth-order valence-electron chi connectivity index (χ4n) is 4.20. The second kappa shape index (κ2) is 11.7. The molecular formula is C22H32F3NO4. The molecule has 2 aliphatic heterocycles. The van der Waals surface area contributed by atoms with E-state index in [1.165, 1.54) is 44.5 Å². The lowest BCUT2D eigenvalue weighted by Gasteiger charge is -2.42. The zero-order valence-electron chi connectivity index (χ0n) is 17.5. The number of ether oxygens (including phenoxy) is 2. The summed E-state index contributed by atoms with van der Waals surface area (Å²) < 4.78 is 43.6. The number of carboxylic acid groups (broad SMARTS) is 1. The first-order valence-corrected chi connectivity index (χ1v) is 10.5. The first-order valence-electron chi connectivity index (χ1n) is 10.5. The Morgan fingerprint density at radius 1 is 1.27 bits per heavy atom. The monoisotopic (exact) mass is 431 g/mol. The summed E-state index contributed by atoms with van der Waals surface area (Å²) >= 11 is 0. The molecule has 1 aromatic carbocycles. The van der Waals surface area contributed by atoms with Gasteiger partial charge in [-0.3, -0.25) is 0 Å². The van der Waals surface area contributed by atoms with Crippen molar-refractivity contribution in [3.63, 3.8) is 0 Å². The molecule has 0 bridgehead atoms. The maximum absolute atomic E-state index is 10.6. The average Bonchev–Trinajstić information content (AvgIpc) is 3.10. The minimum absolute atomic E-state index is 0.153. The Labute approximate surface area is 176 Å². The minimum Gasteiger partial charge on any atom is -0.475 e. The molecule has 0 amide bonds. The number of hydrogen-bond donors (Lipinski definition) is 1. The third-order valence-electron chi connectivity index (χ3n) is 5.92. The summed E-state index contributed by atoms with van der Waals surface area (Å²) in [6.45, 7) is 8.27. The van der Waals surface area contributed by atoms with Crippen LogP contribution in [0.2, 0.25) is 0 Å². The highest BCUT2D eigenvalue weighted by Gasteiger charge is 2.45. The number of benzene rings is 1. The summed E-state index contributed by atoms with van der Waals surface area (Å²) in [5.41, 5.74) is 1.60. The van der Waals surface area contributed by atoms with Crippen molar-refractivity contribution >= 4 is 5.97 Å². The van der Waals surface area contributed by atoms with Crippen molar-refractivity contribution in [3.05, 3.63) is 35.9 Å². The number of rotatable bonds is 7. The van der Waals surface area contributed by atoms with E-state index in [1.54, 1.807) is 0 Å². The molecular weight excluding hydrogens is 399 g/mol. The normalized spacial score (nSPS) is 21.3. The van der Waals surface area contributed by atoms with Gasteiger partial charge in [-0.15, -0.1) is 0 Å². The van der Waals surface area contributed by atoms with Crippen LogP contribution in [-0.4, -0.2) is 67.2 Å². The van der Waals surface area contributed by atoms with Crippen LogP contribution in [0.25, 0.3) is 0 Å². The number of likely N-dealkylation sites (tertiary alicyclic amines) is 1. The molecule has 1 atom stereocenters. The number of hydrogen-bond acceptors (Lipinski definition) is 4. The van der Waals surface area contributed by atoms with Gasteiger partial charge in [0.2, 0.25) is 0 Å². The molecule has 5 nitrogen and oxygen atoms in total. The number of aliphatic carboxylic acids is 1. The predicted molar refractivity (Wildman–Crippen MR) is 107 cm³/mol. The van der Waals surface area contributed by atoms with E-state index in [1.807, 2.05) is 0 Å². The van der Waals surface area contributed by atoms with E-state index in [-0.39, 0.29) is 5.60 Å². The van der Waals surface area contributed by atoms with Gasteiger partial charge in [0.05, 0.1) is 5.60 Å². The lowest BCUT2D eigenvalue weighted by Crippen LogP contribution is -2.48. The molecule has 1 aromatic rings. The highest BCUT2D eigenvalue weighted by atomic mass is 19.4. The van der Waals surface area contributed by atoms with Crippen molar-refractivity contribution in [1.29, 1.82) is 0 Å². The fraction of sp³-hybridized carbons (Fsp3) is 0.682. The van der Waals surface area contributed by atoms with Gasteiger partial charge in [0.15, 0.2) is 0 Å². The summed E-state index contributed by atoms with van der Waals surface area (Å²) in [5.74, 6) is -2.06. The molecule has 2 saturated heterocycles. The standard InChI is InChI=1S/C20H31NO2.C2HF3O2/c1-2-22-16-9-19-10-17-23-20(19)11-14-21(15-12-20)13-8-18-6-4-3-5-7-18;3-2(4,5)1(6)7/h3-7,19H,2,8-17H2,1H3;(H,6,7). The number of carbonyl (C=O) groups is 1. The van der Waals surface area contributed by atoms with Crippen molar-refractivity contribution < 1.29 is 32.5 Å². The van der Waals surface area contributed by atoms with Gasteiger partial charge < -0.3 is 19.5 Å². The van der Waals surface area contributed by atoms with Gasteiger partial charge in [-0.25, -0.2) is 4.79 Å². The van der Waals surface area contributed by atoms with Crippen LogP contribution in [0.1, 0.15) is 38.2 Å². The predicted octanol–water partition coefficient (Wildman–Crippen LogP) is 4.16. The SMILES string of the molecule is CCOCCC1CCOC12CCN(CCc1ccccc1)CC2.O=C(O)C(F)(F)F. The highest BCUT2D eigenvalue weighted by molar-refractivity contribution is 5.73.